The molecule has 0 N–H and O–H groups in total. The van der Waals surface area contributed by atoms with E-state index in [1.54, 1.807) is 0 Å². The van der Waals surface area contributed by atoms with E-state index < -0.39 is 0 Å². The summed E-state index contributed by atoms with van der Waals surface area (Å²) in [5, 5.41) is 0. The molecule has 0 aliphatic heterocycles. The molecule has 1 aromatic rings. The van der Waals surface area contributed by atoms with Gasteiger partial charge in [-0.25, -0.2) is 0 Å². The highest BCUT2D eigenvalue weighted by Crippen LogP contribution is 2.20. The summed E-state index contributed by atoms with van der Waals surface area (Å²) in [7, 11) is 0. The van der Waals surface area contributed by atoms with Crippen molar-refractivity contribution >= 4 is 11.6 Å². The fourth-order valence-electron chi connectivity index (χ4n) is 1.89. The molecule has 0 atom stereocenters. The maximum Gasteiger partial charge on any atom is 0.226 e. The molecular weight excluding hydrogens is 210 g/mol. The van der Waals surface area contributed by atoms with E-state index in [0.29, 0.717) is 12.3 Å². The molecule has 1 rings (SSSR count). The summed E-state index contributed by atoms with van der Waals surface area (Å²) < 4.78 is 0. The minimum Gasteiger partial charge on any atom is -0.312 e. The van der Waals surface area contributed by atoms with E-state index in [0.717, 1.165) is 24.2 Å². The Kier molecular flexibility index (Phi) is 5.20. The van der Waals surface area contributed by atoms with Crippen LogP contribution in [0.1, 0.15) is 39.2 Å². The fourth-order valence-corrected chi connectivity index (χ4v) is 1.89. The molecule has 0 saturated heterocycles. The first-order valence-electron chi connectivity index (χ1n) is 6.42. The number of para-hydroxylation sites is 1. The maximum absolute atomic E-state index is 12.2. The van der Waals surface area contributed by atoms with Crippen LogP contribution in [-0.4, -0.2) is 12.5 Å². The summed E-state index contributed by atoms with van der Waals surface area (Å²) in [6.45, 7) is 9.11. The van der Waals surface area contributed by atoms with Crippen LogP contribution in [0.15, 0.2) is 24.3 Å². The van der Waals surface area contributed by atoms with Crippen LogP contribution in [0.3, 0.4) is 0 Å². The first-order valence-corrected chi connectivity index (χ1v) is 6.42. The van der Waals surface area contributed by atoms with Gasteiger partial charge in [0.25, 0.3) is 0 Å². The largest absolute Gasteiger partial charge is 0.312 e. The smallest absolute Gasteiger partial charge is 0.226 e. The number of anilines is 1. The molecule has 0 aromatic heterocycles. The van der Waals surface area contributed by atoms with Crippen LogP contribution in [0.4, 0.5) is 5.69 Å². The molecule has 0 aliphatic carbocycles. The number of hydrogen-bond acceptors (Lipinski definition) is 1. The molecule has 17 heavy (non-hydrogen) atoms. The maximum atomic E-state index is 12.2. The van der Waals surface area contributed by atoms with Gasteiger partial charge in [-0.1, -0.05) is 32.0 Å². The predicted molar refractivity (Wildman–Crippen MR) is 73.3 cm³/mol. The number of amides is 1. The Morgan fingerprint density at radius 3 is 2.47 bits per heavy atom. The normalized spacial score (nSPS) is 10.6. The van der Waals surface area contributed by atoms with Crippen LogP contribution < -0.4 is 4.90 Å². The van der Waals surface area contributed by atoms with Gasteiger partial charge in [0.05, 0.1) is 0 Å². The zero-order valence-electron chi connectivity index (χ0n) is 11.4. The second-order valence-corrected chi connectivity index (χ2v) is 4.86. The number of carbonyl (C=O) groups excluding carboxylic acids is 1. The molecule has 0 unspecified atom stereocenters. The van der Waals surface area contributed by atoms with Gasteiger partial charge in [-0.05, 0) is 37.8 Å². The van der Waals surface area contributed by atoms with Gasteiger partial charge < -0.3 is 4.90 Å². The van der Waals surface area contributed by atoms with Crippen molar-refractivity contribution in [1.29, 1.82) is 0 Å². The Morgan fingerprint density at radius 1 is 1.29 bits per heavy atom. The van der Waals surface area contributed by atoms with E-state index >= 15 is 0 Å². The molecule has 0 bridgehead atoms. The zero-order valence-corrected chi connectivity index (χ0v) is 11.4. The summed E-state index contributed by atoms with van der Waals surface area (Å²) >= 11 is 0. The van der Waals surface area contributed by atoms with Crippen molar-refractivity contribution in [2.45, 2.75) is 40.5 Å². The van der Waals surface area contributed by atoms with Crippen molar-refractivity contribution in [2.24, 2.45) is 5.92 Å². The van der Waals surface area contributed by atoms with Gasteiger partial charge in [0.1, 0.15) is 0 Å². The van der Waals surface area contributed by atoms with Crippen LogP contribution in [0.2, 0.25) is 0 Å². The van der Waals surface area contributed by atoms with E-state index in [1.807, 2.05) is 43.0 Å². The van der Waals surface area contributed by atoms with Crippen molar-refractivity contribution in [3.8, 4) is 0 Å². The molecule has 94 valence electrons. The van der Waals surface area contributed by atoms with Crippen LogP contribution >= 0.6 is 0 Å². The third-order valence-electron chi connectivity index (χ3n) is 2.96. The molecular formula is C15H23NO. The summed E-state index contributed by atoms with van der Waals surface area (Å²) in [5.41, 5.74) is 2.20. The Morgan fingerprint density at radius 2 is 1.94 bits per heavy atom. The molecule has 0 aliphatic rings. The minimum atomic E-state index is 0.232. The number of rotatable bonds is 5. The predicted octanol–water partition coefficient (Wildman–Crippen LogP) is 3.78. The van der Waals surface area contributed by atoms with Gasteiger partial charge in [-0.3, -0.25) is 4.79 Å². The lowest BCUT2D eigenvalue weighted by atomic mass is 10.1. The van der Waals surface area contributed by atoms with E-state index in [4.69, 9.17) is 0 Å². The molecule has 0 spiro atoms. The first-order chi connectivity index (χ1) is 8.06. The molecule has 2 nitrogen and oxygen atoms in total. The number of carbonyl (C=O) groups is 1. The number of nitrogens with zero attached hydrogens (tertiary/aromatic N) is 1. The Bertz CT molecular complexity index is 371. The van der Waals surface area contributed by atoms with E-state index in [2.05, 4.69) is 13.8 Å². The SMILES string of the molecule is CCN(C(=O)CCC(C)C)c1ccccc1C. The van der Waals surface area contributed by atoms with Crippen LogP contribution in [0.5, 0.6) is 0 Å². The van der Waals surface area contributed by atoms with Gasteiger partial charge >= 0.3 is 0 Å². The van der Waals surface area contributed by atoms with Crippen molar-refractivity contribution < 1.29 is 4.79 Å². The summed E-state index contributed by atoms with van der Waals surface area (Å²) in [6.07, 6.45) is 1.60. The highest BCUT2D eigenvalue weighted by atomic mass is 16.2. The quantitative estimate of drug-likeness (QED) is 0.757. The minimum absolute atomic E-state index is 0.232. The van der Waals surface area contributed by atoms with Crippen molar-refractivity contribution in [2.75, 3.05) is 11.4 Å². The van der Waals surface area contributed by atoms with Crippen LogP contribution in [0, 0.1) is 12.8 Å². The molecule has 0 heterocycles. The molecule has 1 amide bonds. The molecule has 0 radical (unpaired) electrons. The molecule has 0 saturated carbocycles. The highest BCUT2D eigenvalue weighted by Gasteiger charge is 2.15. The number of hydrogen-bond donors (Lipinski definition) is 0. The lowest BCUT2D eigenvalue weighted by molar-refractivity contribution is -0.118. The monoisotopic (exact) mass is 233 g/mol. The number of benzene rings is 1. The lowest BCUT2D eigenvalue weighted by Crippen LogP contribution is -2.31. The van der Waals surface area contributed by atoms with Gasteiger partial charge in [-0.2, -0.15) is 0 Å². The van der Waals surface area contributed by atoms with E-state index in [9.17, 15) is 4.79 Å². The van der Waals surface area contributed by atoms with Crippen LogP contribution in [-0.2, 0) is 4.79 Å². The first kappa shape index (κ1) is 13.8. The summed E-state index contributed by atoms with van der Waals surface area (Å²) in [6, 6.07) is 8.06. The highest BCUT2D eigenvalue weighted by molar-refractivity contribution is 5.93. The second-order valence-electron chi connectivity index (χ2n) is 4.86. The summed E-state index contributed by atoms with van der Waals surface area (Å²) in [4.78, 5) is 14.0. The third-order valence-corrected chi connectivity index (χ3v) is 2.96. The van der Waals surface area contributed by atoms with Gasteiger partial charge in [0.2, 0.25) is 5.91 Å². The third kappa shape index (κ3) is 3.88. The van der Waals surface area contributed by atoms with Crippen molar-refractivity contribution in [3.63, 3.8) is 0 Å². The lowest BCUT2D eigenvalue weighted by Gasteiger charge is -2.23. The average molecular weight is 233 g/mol. The van der Waals surface area contributed by atoms with Crippen LogP contribution in [0.25, 0.3) is 0 Å². The van der Waals surface area contributed by atoms with Gasteiger partial charge in [0, 0.05) is 18.7 Å². The topological polar surface area (TPSA) is 20.3 Å². The van der Waals surface area contributed by atoms with E-state index in [1.165, 1.54) is 0 Å². The van der Waals surface area contributed by atoms with Gasteiger partial charge in [0.15, 0.2) is 0 Å². The second kappa shape index (κ2) is 6.43. The zero-order chi connectivity index (χ0) is 12.8. The van der Waals surface area contributed by atoms with Gasteiger partial charge in [-0.15, -0.1) is 0 Å². The van der Waals surface area contributed by atoms with E-state index in [-0.39, 0.29) is 5.91 Å². The molecule has 1 aromatic carbocycles. The average Bonchev–Trinajstić information content (AvgIpc) is 2.30. The van der Waals surface area contributed by atoms with Crippen molar-refractivity contribution in [3.05, 3.63) is 29.8 Å². The summed E-state index contributed by atoms with van der Waals surface area (Å²) in [5.74, 6) is 0.810. The Balaban J connectivity index is 2.78. The number of aryl methyl sites for hydroxylation is 1. The molecule has 2 heteroatoms. The molecule has 0 fully saturated rings. The Hall–Kier alpha value is -1.31. The Labute approximate surface area is 105 Å². The standard InChI is InChI=1S/C15H23NO/c1-5-16(15(17)11-10-12(2)3)14-9-7-6-8-13(14)4/h6-9,12H,5,10-11H2,1-4H3. The fraction of sp³-hybridized carbons (Fsp3) is 0.533. The van der Waals surface area contributed by atoms with Crippen molar-refractivity contribution in [1.82, 2.24) is 0 Å².